The summed E-state index contributed by atoms with van der Waals surface area (Å²) in [6.45, 7) is 16.8. The molecule has 7 aromatic carbocycles. The molecule has 0 amide bonds. The van der Waals surface area contributed by atoms with E-state index in [0.29, 0.717) is 0 Å². The first-order valence-electron chi connectivity index (χ1n) is 24.8. The van der Waals surface area contributed by atoms with Crippen molar-refractivity contribution < 1.29 is 0 Å². The third-order valence-electron chi connectivity index (χ3n) is 16.1. The highest BCUT2D eigenvalue weighted by Crippen LogP contribution is 2.54. The molecule has 326 valence electrons. The number of para-hydroxylation sites is 2. The van der Waals surface area contributed by atoms with Gasteiger partial charge in [-0.15, -0.1) is 11.3 Å². The van der Waals surface area contributed by atoms with Gasteiger partial charge >= 0.3 is 0 Å². The molecule has 0 atom stereocenters. The SMILES string of the molecule is CCCCc1ccc(N2c3cc(C)cc4c3B(c3cc5c6ccccc6n6c7ccccc7c(c32)c56)c2sc3ccc(CCCC)cc3c2N4c2ccc3c(c2)C(C)(C)CCC3(C)C)cc1. The lowest BCUT2D eigenvalue weighted by atomic mass is 9.36. The highest BCUT2D eigenvalue weighted by atomic mass is 32.1. The van der Waals surface area contributed by atoms with Gasteiger partial charge in [-0.25, -0.2) is 0 Å². The normalized spacial score (nSPS) is 15.9. The fourth-order valence-electron chi connectivity index (χ4n) is 12.6. The van der Waals surface area contributed by atoms with E-state index < -0.39 is 0 Å². The van der Waals surface area contributed by atoms with Crippen LogP contribution in [-0.2, 0) is 23.7 Å². The number of hydrogen-bond acceptors (Lipinski definition) is 3. The Kier molecular flexibility index (Phi) is 8.83. The fraction of sp³-hybridized carbons (Fsp3) is 0.279. The minimum atomic E-state index is 0.0388. The zero-order chi connectivity index (χ0) is 44.8. The Balaban J connectivity index is 1.18. The van der Waals surface area contributed by atoms with Gasteiger partial charge in [-0.3, -0.25) is 0 Å². The van der Waals surface area contributed by atoms with Crippen molar-refractivity contribution in [2.75, 3.05) is 9.80 Å². The standard InChI is InChI=1S/C61H58BN3S/c1-8-10-16-38-22-25-40(26-23-38)63-51-32-37(3)33-52-55(51)62(48-36-44-42-18-12-14-20-49(42)65-50-21-15-13-19-43(50)54(56(44)65)58(48)63)59-57(45-34-39(17-11-9-2)24-29-53(45)66-59)64(52)41-27-28-46-47(35-41)61(6,7)31-30-60(46,4)5/h12-15,18-29,32-36H,8-11,16-17,30-31H2,1-7H3. The molecule has 0 fully saturated rings. The van der Waals surface area contributed by atoms with Crippen LogP contribution in [0.3, 0.4) is 0 Å². The van der Waals surface area contributed by atoms with E-state index in [2.05, 4.69) is 190 Å². The van der Waals surface area contributed by atoms with Gasteiger partial charge in [-0.1, -0.05) is 121 Å². The summed E-state index contributed by atoms with van der Waals surface area (Å²) in [6, 6.07) is 50.5. The quantitative estimate of drug-likeness (QED) is 0.141. The molecule has 66 heavy (non-hydrogen) atoms. The Hall–Kier alpha value is -6.04. The van der Waals surface area contributed by atoms with Gasteiger partial charge in [0.1, 0.15) is 0 Å². The molecule has 3 nitrogen and oxygen atoms in total. The summed E-state index contributed by atoms with van der Waals surface area (Å²) in [5, 5.41) is 6.71. The van der Waals surface area contributed by atoms with Gasteiger partial charge in [-0.05, 0) is 156 Å². The molecule has 0 saturated carbocycles. The molecule has 3 aliphatic rings. The number of anilines is 6. The zero-order valence-electron chi connectivity index (χ0n) is 39.6. The van der Waals surface area contributed by atoms with E-state index >= 15 is 0 Å². The molecule has 13 rings (SSSR count). The Morgan fingerprint density at radius 3 is 1.92 bits per heavy atom. The fourth-order valence-corrected chi connectivity index (χ4v) is 13.9. The van der Waals surface area contributed by atoms with Gasteiger partial charge < -0.3 is 14.2 Å². The Labute approximate surface area is 394 Å². The number of unbranched alkanes of at least 4 members (excludes halogenated alkanes) is 2. The third kappa shape index (κ3) is 5.62. The molecule has 5 heterocycles. The molecule has 0 bridgehead atoms. The Morgan fingerprint density at radius 1 is 0.576 bits per heavy atom. The van der Waals surface area contributed by atoms with Crippen molar-refractivity contribution in [3.8, 4) is 0 Å². The first-order chi connectivity index (χ1) is 32.1. The minimum Gasteiger partial charge on any atom is -0.311 e. The van der Waals surface area contributed by atoms with Gasteiger partial charge in [0.25, 0.3) is 6.71 Å². The predicted molar refractivity (Wildman–Crippen MR) is 288 cm³/mol. The van der Waals surface area contributed by atoms with Crippen LogP contribution in [-0.4, -0.2) is 11.1 Å². The summed E-state index contributed by atoms with van der Waals surface area (Å²) in [5.74, 6) is 0. The van der Waals surface area contributed by atoms with Gasteiger partial charge in [0.05, 0.1) is 27.9 Å². The van der Waals surface area contributed by atoms with Crippen molar-refractivity contribution in [1.29, 1.82) is 0 Å². The van der Waals surface area contributed by atoms with Crippen LogP contribution in [0.2, 0.25) is 0 Å². The first-order valence-corrected chi connectivity index (χ1v) is 25.6. The van der Waals surface area contributed by atoms with Crippen LogP contribution in [0.25, 0.3) is 48.2 Å². The summed E-state index contributed by atoms with van der Waals surface area (Å²) >= 11 is 2.03. The van der Waals surface area contributed by atoms with E-state index in [9.17, 15) is 0 Å². The molecule has 0 radical (unpaired) electrons. The number of thiophene rings is 1. The van der Waals surface area contributed by atoms with Crippen molar-refractivity contribution in [3.63, 3.8) is 0 Å². The second-order valence-corrected chi connectivity index (χ2v) is 22.4. The number of nitrogens with zero attached hydrogens (tertiary/aromatic N) is 3. The van der Waals surface area contributed by atoms with Gasteiger partial charge in [-0.2, -0.15) is 0 Å². The first kappa shape index (κ1) is 40.3. The second-order valence-electron chi connectivity index (χ2n) is 21.3. The maximum atomic E-state index is 2.72. The second kappa shape index (κ2) is 14.5. The van der Waals surface area contributed by atoms with Crippen molar-refractivity contribution in [2.45, 2.75) is 111 Å². The molecule has 0 spiro atoms. The number of hydrogen-bond donors (Lipinski definition) is 0. The van der Waals surface area contributed by atoms with E-state index in [0.717, 1.165) is 12.8 Å². The molecular formula is C61H58BN3S. The smallest absolute Gasteiger partial charge is 0.264 e. The van der Waals surface area contributed by atoms with Crippen LogP contribution < -0.4 is 25.5 Å². The average Bonchev–Trinajstić information content (AvgIpc) is 3.98. The van der Waals surface area contributed by atoms with Gasteiger partial charge in [0.15, 0.2) is 0 Å². The number of aryl methyl sites for hydroxylation is 3. The van der Waals surface area contributed by atoms with Crippen LogP contribution >= 0.6 is 11.3 Å². The molecule has 2 aliphatic heterocycles. The van der Waals surface area contributed by atoms with Crippen molar-refractivity contribution in [3.05, 3.63) is 155 Å². The summed E-state index contributed by atoms with van der Waals surface area (Å²) in [7, 11) is 0. The minimum absolute atomic E-state index is 0.0388. The summed E-state index contributed by atoms with van der Waals surface area (Å²) in [5.41, 5.74) is 21.8. The highest BCUT2D eigenvalue weighted by Gasteiger charge is 2.47. The number of benzene rings is 7. The van der Waals surface area contributed by atoms with E-state index in [1.165, 1.54) is 164 Å². The molecular weight excluding hydrogens is 818 g/mol. The number of aromatic nitrogens is 1. The summed E-state index contributed by atoms with van der Waals surface area (Å²) in [4.78, 5) is 5.39. The maximum absolute atomic E-state index is 2.72. The summed E-state index contributed by atoms with van der Waals surface area (Å²) in [6.07, 6.45) is 9.38. The van der Waals surface area contributed by atoms with Gasteiger partial charge in [0, 0.05) is 59.2 Å². The average molecular weight is 876 g/mol. The molecule has 0 saturated heterocycles. The van der Waals surface area contributed by atoms with E-state index in [1.54, 1.807) is 0 Å². The monoisotopic (exact) mass is 875 g/mol. The molecule has 1 aliphatic carbocycles. The topological polar surface area (TPSA) is 10.9 Å². The number of rotatable bonds is 8. The number of fused-ring (bicyclic) bond motifs is 14. The van der Waals surface area contributed by atoms with Crippen LogP contribution in [0, 0.1) is 6.92 Å². The van der Waals surface area contributed by atoms with Crippen LogP contribution in [0.4, 0.5) is 34.1 Å². The predicted octanol–water partition coefficient (Wildman–Crippen LogP) is 15.5. The molecule has 0 N–H and O–H groups in total. The third-order valence-corrected chi connectivity index (χ3v) is 17.4. The lowest BCUT2D eigenvalue weighted by Crippen LogP contribution is -2.60. The van der Waals surface area contributed by atoms with Gasteiger partial charge in [0.2, 0.25) is 0 Å². The van der Waals surface area contributed by atoms with E-state index in [1.807, 2.05) is 11.3 Å². The van der Waals surface area contributed by atoms with E-state index in [-0.39, 0.29) is 17.5 Å². The summed E-state index contributed by atoms with van der Waals surface area (Å²) < 4.78 is 5.38. The molecule has 5 heteroatoms. The van der Waals surface area contributed by atoms with Crippen molar-refractivity contribution in [2.24, 2.45) is 0 Å². The molecule has 3 aromatic heterocycles. The molecule has 0 unspecified atom stereocenters. The molecule has 10 aromatic rings. The van der Waals surface area contributed by atoms with E-state index in [4.69, 9.17) is 0 Å². The largest absolute Gasteiger partial charge is 0.311 e. The maximum Gasteiger partial charge on any atom is 0.264 e. The zero-order valence-corrected chi connectivity index (χ0v) is 40.4. The van der Waals surface area contributed by atoms with Crippen LogP contribution in [0.5, 0.6) is 0 Å². The van der Waals surface area contributed by atoms with Crippen molar-refractivity contribution in [1.82, 2.24) is 4.40 Å². The Morgan fingerprint density at radius 2 is 1.20 bits per heavy atom. The van der Waals surface area contributed by atoms with Crippen LogP contribution in [0.1, 0.15) is 108 Å². The Bertz CT molecular complexity index is 3610. The lowest BCUT2D eigenvalue weighted by Gasteiger charge is -2.45. The lowest BCUT2D eigenvalue weighted by molar-refractivity contribution is 0.332. The van der Waals surface area contributed by atoms with Crippen LogP contribution in [0.15, 0.2) is 127 Å². The van der Waals surface area contributed by atoms with Crippen molar-refractivity contribution >= 4 is 116 Å². The highest BCUT2D eigenvalue weighted by molar-refractivity contribution is 7.33.